The Hall–Kier alpha value is -0.730. The van der Waals surface area contributed by atoms with Crippen LogP contribution in [0.3, 0.4) is 0 Å². The number of nitrogens with one attached hydrogen (secondary N) is 1. The maximum atomic E-state index is 9.72. The first-order chi connectivity index (χ1) is 6.06. The molecule has 0 saturated carbocycles. The van der Waals surface area contributed by atoms with E-state index < -0.39 is 0 Å². The van der Waals surface area contributed by atoms with Crippen LogP contribution in [0, 0.1) is 6.92 Å². The molecule has 0 radical (unpaired) electrons. The van der Waals surface area contributed by atoms with Crippen molar-refractivity contribution in [2.24, 2.45) is 0 Å². The van der Waals surface area contributed by atoms with Crippen LogP contribution in [0.25, 0.3) is 0 Å². The van der Waals surface area contributed by atoms with Crippen molar-refractivity contribution in [1.29, 1.82) is 0 Å². The van der Waals surface area contributed by atoms with Gasteiger partial charge in [-0.15, -0.1) is 0 Å². The maximum Gasteiger partial charge on any atom is 0.123 e. The summed E-state index contributed by atoms with van der Waals surface area (Å²) in [6.45, 7) is 3.82. The van der Waals surface area contributed by atoms with Gasteiger partial charge < -0.3 is 10.4 Å². The van der Waals surface area contributed by atoms with Crippen LogP contribution in [0.4, 0.5) is 0 Å². The van der Waals surface area contributed by atoms with Gasteiger partial charge in [0, 0.05) is 16.6 Å². The molecule has 0 aliphatic rings. The van der Waals surface area contributed by atoms with Gasteiger partial charge in [-0.25, -0.2) is 0 Å². The Labute approximate surface area is 83.5 Å². The lowest BCUT2D eigenvalue weighted by atomic mass is 10.0. The van der Waals surface area contributed by atoms with E-state index in [2.05, 4.69) is 5.32 Å². The van der Waals surface area contributed by atoms with Crippen LogP contribution in [0.15, 0.2) is 12.1 Å². The SMILES string of the molecule is CN[C@@H](C)c1cc(Cl)cc(C)c1O. The molecule has 0 fully saturated rings. The number of rotatable bonds is 2. The molecule has 0 heterocycles. The normalized spacial score (nSPS) is 12.9. The van der Waals surface area contributed by atoms with E-state index in [0.717, 1.165) is 11.1 Å². The third kappa shape index (κ3) is 2.14. The van der Waals surface area contributed by atoms with Crippen molar-refractivity contribution >= 4 is 11.6 Å². The van der Waals surface area contributed by atoms with Crippen molar-refractivity contribution in [2.75, 3.05) is 7.05 Å². The minimum atomic E-state index is 0.109. The fraction of sp³-hybridized carbons (Fsp3) is 0.400. The van der Waals surface area contributed by atoms with Crippen LogP contribution in [-0.2, 0) is 0 Å². The zero-order valence-corrected chi connectivity index (χ0v) is 8.81. The number of aryl methyl sites for hydroxylation is 1. The predicted octanol–water partition coefficient (Wildman–Crippen LogP) is 2.63. The molecule has 2 nitrogen and oxygen atoms in total. The summed E-state index contributed by atoms with van der Waals surface area (Å²) in [4.78, 5) is 0. The van der Waals surface area contributed by atoms with Crippen LogP contribution in [0.1, 0.15) is 24.1 Å². The Morgan fingerprint density at radius 1 is 1.46 bits per heavy atom. The van der Waals surface area contributed by atoms with Gasteiger partial charge in [0.15, 0.2) is 0 Å². The molecule has 0 saturated heterocycles. The molecule has 0 amide bonds. The van der Waals surface area contributed by atoms with Crippen molar-refractivity contribution in [2.45, 2.75) is 19.9 Å². The fourth-order valence-electron chi connectivity index (χ4n) is 1.25. The number of phenols is 1. The Balaban J connectivity index is 3.20. The Kier molecular flexibility index (Phi) is 3.17. The monoisotopic (exact) mass is 199 g/mol. The van der Waals surface area contributed by atoms with Crippen molar-refractivity contribution in [3.63, 3.8) is 0 Å². The molecule has 3 heteroatoms. The van der Waals surface area contributed by atoms with E-state index in [-0.39, 0.29) is 6.04 Å². The van der Waals surface area contributed by atoms with E-state index in [9.17, 15) is 5.11 Å². The summed E-state index contributed by atoms with van der Waals surface area (Å²) in [7, 11) is 1.85. The summed E-state index contributed by atoms with van der Waals surface area (Å²) in [5.74, 6) is 0.325. The van der Waals surface area contributed by atoms with Gasteiger partial charge in [-0.05, 0) is 38.6 Å². The average Bonchev–Trinajstić information content (AvgIpc) is 2.10. The van der Waals surface area contributed by atoms with E-state index in [0.29, 0.717) is 10.8 Å². The molecule has 13 heavy (non-hydrogen) atoms. The van der Waals surface area contributed by atoms with Crippen LogP contribution < -0.4 is 5.32 Å². The molecule has 1 atom stereocenters. The summed E-state index contributed by atoms with van der Waals surface area (Å²) >= 11 is 5.88. The van der Waals surface area contributed by atoms with Crippen molar-refractivity contribution in [3.8, 4) is 5.75 Å². The number of benzene rings is 1. The lowest BCUT2D eigenvalue weighted by molar-refractivity contribution is 0.454. The van der Waals surface area contributed by atoms with Gasteiger partial charge in [0.2, 0.25) is 0 Å². The molecule has 0 aliphatic heterocycles. The van der Waals surface area contributed by atoms with Crippen LogP contribution in [0.5, 0.6) is 5.75 Å². The number of hydrogen-bond donors (Lipinski definition) is 2. The van der Waals surface area contributed by atoms with Crippen molar-refractivity contribution in [3.05, 3.63) is 28.3 Å². The van der Waals surface area contributed by atoms with E-state index in [1.165, 1.54) is 0 Å². The van der Waals surface area contributed by atoms with Gasteiger partial charge in [0.05, 0.1) is 0 Å². The molecule has 0 aromatic heterocycles. The highest BCUT2D eigenvalue weighted by molar-refractivity contribution is 6.30. The molecule has 72 valence electrons. The Bertz CT molecular complexity index is 312. The Morgan fingerprint density at radius 3 is 2.62 bits per heavy atom. The third-order valence-corrected chi connectivity index (χ3v) is 2.41. The second kappa shape index (κ2) is 3.99. The van der Waals surface area contributed by atoms with Gasteiger partial charge in [0.25, 0.3) is 0 Å². The molecular weight excluding hydrogens is 186 g/mol. The molecule has 0 unspecified atom stereocenters. The van der Waals surface area contributed by atoms with Crippen LogP contribution in [0.2, 0.25) is 5.02 Å². The number of halogens is 1. The largest absolute Gasteiger partial charge is 0.507 e. The lowest BCUT2D eigenvalue weighted by Gasteiger charge is -2.14. The molecule has 1 aromatic carbocycles. The van der Waals surface area contributed by atoms with Crippen molar-refractivity contribution in [1.82, 2.24) is 5.32 Å². The second-order valence-corrected chi connectivity index (χ2v) is 3.61. The fourth-order valence-corrected chi connectivity index (χ4v) is 1.53. The summed E-state index contributed by atoms with van der Waals surface area (Å²) in [6.07, 6.45) is 0. The van der Waals surface area contributed by atoms with E-state index in [4.69, 9.17) is 11.6 Å². The summed E-state index contributed by atoms with van der Waals surface area (Å²) < 4.78 is 0. The van der Waals surface area contributed by atoms with Crippen molar-refractivity contribution < 1.29 is 5.11 Å². The molecule has 2 N–H and O–H groups in total. The van der Waals surface area contributed by atoms with Crippen LogP contribution >= 0.6 is 11.6 Å². The molecule has 1 rings (SSSR count). The van der Waals surface area contributed by atoms with Crippen LogP contribution in [-0.4, -0.2) is 12.2 Å². The number of aromatic hydroxyl groups is 1. The van der Waals surface area contributed by atoms with Gasteiger partial charge in [-0.2, -0.15) is 0 Å². The zero-order chi connectivity index (χ0) is 10.0. The highest BCUT2D eigenvalue weighted by Gasteiger charge is 2.11. The quantitative estimate of drug-likeness (QED) is 0.768. The first-order valence-corrected chi connectivity index (χ1v) is 4.60. The molecule has 0 aliphatic carbocycles. The predicted molar refractivity (Wildman–Crippen MR) is 55.3 cm³/mol. The van der Waals surface area contributed by atoms with E-state index >= 15 is 0 Å². The van der Waals surface area contributed by atoms with Gasteiger partial charge >= 0.3 is 0 Å². The third-order valence-electron chi connectivity index (χ3n) is 2.19. The highest BCUT2D eigenvalue weighted by atomic mass is 35.5. The maximum absolute atomic E-state index is 9.72. The second-order valence-electron chi connectivity index (χ2n) is 3.17. The summed E-state index contributed by atoms with van der Waals surface area (Å²) in [6, 6.07) is 3.64. The first-order valence-electron chi connectivity index (χ1n) is 4.22. The zero-order valence-electron chi connectivity index (χ0n) is 8.06. The minimum absolute atomic E-state index is 0.109. The Morgan fingerprint density at radius 2 is 2.08 bits per heavy atom. The van der Waals surface area contributed by atoms with Gasteiger partial charge in [0.1, 0.15) is 5.75 Å². The molecular formula is C10H14ClNO. The smallest absolute Gasteiger partial charge is 0.123 e. The molecule has 0 bridgehead atoms. The topological polar surface area (TPSA) is 32.3 Å². The average molecular weight is 200 g/mol. The minimum Gasteiger partial charge on any atom is -0.507 e. The lowest BCUT2D eigenvalue weighted by Crippen LogP contribution is -2.12. The molecule has 0 spiro atoms. The molecule has 1 aromatic rings. The van der Waals surface area contributed by atoms with Gasteiger partial charge in [-0.1, -0.05) is 11.6 Å². The van der Waals surface area contributed by atoms with E-state index in [1.807, 2.05) is 20.9 Å². The number of phenolic OH excluding ortho intramolecular Hbond substituents is 1. The first kappa shape index (κ1) is 10.4. The highest BCUT2D eigenvalue weighted by Crippen LogP contribution is 2.30. The van der Waals surface area contributed by atoms with Gasteiger partial charge in [-0.3, -0.25) is 0 Å². The summed E-state index contributed by atoms with van der Waals surface area (Å²) in [5, 5.41) is 13.4. The standard InChI is InChI=1S/C10H14ClNO/c1-6-4-8(11)5-9(10(6)13)7(2)12-3/h4-5,7,12-13H,1-3H3/t7-/m0/s1. The number of hydrogen-bond acceptors (Lipinski definition) is 2. The van der Waals surface area contributed by atoms with E-state index in [1.54, 1.807) is 12.1 Å². The summed E-state index contributed by atoms with van der Waals surface area (Å²) in [5.41, 5.74) is 1.65.